The molecule has 15 heavy (non-hydrogen) atoms. The van der Waals surface area contributed by atoms with Crippen LogP contribution >= 0.6 is 0 Å². The zero-order valence-corrected chi connectivity index (χ0v) is 9.41. The molecule has 0 spiro atoms. The van der Waals surface area contributed by atoms with Crippen molar-refractivity contribution in [1.29, 1.82) is 0 Å². The molecule has 1 aromatic carbocycles. The average molecular weight is 210 g/mol. The Kier molecular flexibility index (Phi) is 3.94. The van der Waals surface area contributed by atoms with Gasteiger partial charge in [0.25, 0.3) is 0 Å². The summed E-state index contributed by atoms with van der Waals surface area (Å²) in [7, 11) is 3.21. The maximum Gasteiger partial charge on any atom is 0.161 e. The number of rotatable bonds is 4. The SMILES string of the molecule is COc1cc(C)c([C@H](N)CN)cc1OC. The fourth-order valence-electron chi connectivity index (χ4n) is 1.52. The molecule has 84 valence electrons. The van der Waals surface area contributed by atoms with Gasteiger partial charge in [-0.05, 0) is 30.2 Å². The topological polar surface area (TPSA) is 70.5 Å². The first-order chi connectivity index (χ1) is 7.13. The summed E-state index contributed by atoms with van der Waals surface area (Å²) in [5.74, 6) is 1.39. The van der Waals surface area contributed by atoms with Gasteiger partial charge in [-0.2, -0.15) is 0 Å². The number of benzene rings is 1. The summed E-state index contributed by atoms with van der Waals surface area (Å²) in [4.78, 5) is 0. The van der Waals surface area contributed by atoms with Crippen LogP contribution in [0.15, 0.2) is 12.1 Å². The first-order valence-corrected chi connectivity index (χ1v) is 4.82. The zero-order chi connectivity index (χ0) is 11.4. The van der Waals surface area contributed by atoms with Gasteiger partial charge in [0.2, 0.25) is 0 Å². The van der Waals surface area contributed by atoms with Crippen LogP contribution in [-0.4, -0.2) is 20.8 Å². The highest BCUT2D eigenvalue weighted by atomic mass is 16.5. The van der Waals surface area contributed by atoms with Crippen molar-refractivity contribution in [3.05, 3.63) is 23.3 Å². The summed E-state index contributed by atoms with van der Waals surface area (Å²) in [5, 5.41) is 0. The van der Waals surface area contributed by atoms with Gasteiger partial charge < -0.3 is 20.9 Å². The third-order valence-electron chi connectivity index (χ3n) is 2.43. The predicted octanol–water partition coefficient (Wildman–Crippen LogP) is 0.971. The largest absolute Gasteiger partial charge is 0.493 e. The van der Waals surface area contributed by atoms with Gasteiger partial charge in [0, 0.05) is 12.6 Å². The summed E-state index contributed by atoms with van der Waals surface area (Å²) >= 11 is 0. The van der Waals surface area contributed by atoms with Crippen molar-refractivity contribution in [3.63, 3.8) is 0 Å². The lowest BCUT2D eigenvalue weighted by Crippen LogP contribution is -2.21. The summed E-state index contributed by atoms with van der Waals surface area (Å²) in [5.41, 5.74) is 13.5. The lowest BCUT2D eigenvalue weighted by molar-refractivity contribution is 0.354. The van der Waals surface area contributed by atoms with Crippen molar-refractivity contribution >= 4 is 0 Å². The van der Waals surface area contributed by atoms with E-state index < -0.39 is 0 Å². The van der Waals surface area contributed by atoms with Gasteiger partial charge in [-0.15, -0.1) is 0 Å². The number of hydrogen-bond donors (Lipinski definition) is 2. The lowest BCUT2D eigenvalue weighted by Gasteiger charge is -2.16. The molecule has 4 N–H and O–H groups in total. The average Bonchev–Trinajstić information content (AvgIpc) is 2.27. The van der Waals surface area contributed by atoms with Gasteiger partial charge >= 0.3 is 0 Å². The van der Waals surface area contributed by atoms with Crippen molar-refractivity contribution in [2.24, 2.45) is 11.5 Å². The Hall–Kier alpha value is -1.26. The monoisotopic (exact) mass is 210 g/mol. The molecule has 4 nitrogen and oxygen atoms in total. The van der Waals surface area contributed by atoms with E-state index >= 15 is 0 Å². The predicted molar refractivity (Wildman–Crippen MR) is 60.3 cm³/mol. The molecule has 0 aliphatic heterocycles. The highest BCUT2D eigenvalue weighted by Crippen LogP contribution is 2.31. The molecule has 1 atom stereocenters. The Labute approximate surface area is 90.2 Å². The Balaban J connectivity index is 3.19. The summed E-state index contributed by atoms with van der Waals surface area (Å²) in [6, 6.07) is 3.62. The van der Waals surface area contributed by atoms with Crippen molar-refractivity contribution in [1.82, 2.24) is 0 Å². The number of ether oxygens (including phenoxy) is 2. The molecule has 0 aliphatic rings. The minimum Gasteiger partial charge on any atom is -0.493 e. The fourth-order valence-corrected chi connectivity index (χ4v) is 1.52. The Bertz CT molecular complexity index is 340. The van der Waals surface area contributed by atoms with Crippen LogP contribution in [0.2, 0.25) is 0 Å². The molecule has 0 aromatic heterocycles. The minimum absolute atomic E-state index is 0.162. The summed E-state index contributed by atoms with van der Waals surface area (Å²) in [6.07, 6.45) is 0. The maximum absolute atomic E-state index is 5.89. The van der Waals surface area contributed by atoms with Crippen LogP contribution in [0.4, 0.5) is 0 Å². The van der Waals surface area contributed by atoms with E-state index in [1.165, 1.54) is 0 Å². The van der Waals surface area contributed by atoms with E-state index in [2.05, 4.69) is 0 Å². The van der Waals surface area contributed by atoms with E-state index in [9.17, 15) is 0 Å². The van der Waals surface area contributed by atoms with E-state index in [1.54, 1.807) is 14.2 Å². The second-order valence-corrected chi connectivity index (χ2v) is 3.41. The molecule has 0 aliphatic carbocycles. The molecule has 0 bridgehead atoms. The van der Waals surface area contributed by atoms with E-state index in [1.807, 2.05) is 19.1 Å². The Morgan fingerprint density at radius 2 is 1.73 bits per heavy atom. The molecule has 0 fully saturated rings. The normalized spacial score (nSPS) is 12.3. The highest BCUT2D eigenvalue weighted by molar-refractivity contribution is 5.48. The van der Waals surface area contributed by atoms with Gasteiger partial charge in [-0.25, -0.2) is 0 Å². The van der Waals surface area contributed by atoms with Crippen LogP contribution in [-0.2, 0) is 0 Å². The standard InChI is InChI=1S/C11H18N2O2/c1-7-4-10(14-2)11(15-3)5-8(7)9(13)6-12/h4-5,9H,6,12-13H2,1-3H3/t9-/m1/s1. The van der Waals surface area contributed by atoms with Gasteiger partial charge in [-0.3, -0.25) is 0 Å². The third-order valence-corrected chi connectivity index (χ3v) is 2.43. The molecule has 0 amide bonds. The van der Waals surface area contributed by atoms with E-state index in [4.69, 9.17) is 20.9 Å². The minimum atomic E-state index is -0.162. The van der Waals surface area contributed by atoms with E-state index in [0.29, 0.717) is 18.0 Å². The molecular formula is C11H18N2O2. The van der Waals surface area contributed by atoms with Crippen LogP contribution in [0, 0.1) is 6.92 Å². The Morgan fingerprint density at radius 3 is 2.20 bits per heavy atom. The van der Waals surface area contributed by atoms with Crippen molar-refractivity contribution in [2.45, 2.75) is 13.0 Å². The number of methoxy groups -OCH3 is 2. The number of nitrogens with two attached hydrogens (primary N) is 2. The van der Waals surface area contributed by atoms with Gasteiger partial charge in [0.15, 0.2) is 11.5 Å². The quantitative estimate of drug-likeness (QED) is 0.777. The molecule has 1 rings (SSSR count). The molecule has 0 unspecified atom stereocenters. The first-order valence-electron chi connectivity index (χ1n) is 4.82. The highest BCUT2D eigenvalue weighted by Gasteiger charge is 2.12. The van der Waals surface area contributed by atoms with E-state index in [-0.39, 0.29) is 6.04 Å². The molecular weight excluding hydrogens is 192 g/mol. The van der Waals surface area contributed by atoms with Gasteiger partial charge in [-0.1, -0.05) is 0 Å². The van der Waals surface area contributed by atoms with Crippen LogP contribution in [0.25, 0.3) is 0 Å². The second kappa shape index (κ2) is 5.00. The first kappa shape index (κ1) is 11.8. The smallest absolute Gasteiger partial charge is 0.161 e. The molecule has 4 heteroatoms. The van der Waals surface area contributed by atoms with E-state index in [0.717, 1.165) is 11.1 Å². The van der Waals surface area contributed by atoms with Crippen molar-refractivity contribution in [2.75, 3.05) is 20.8 Å². The maximum atomic E-state index is 5.89. The zero-order valence-electron chi connectivity index (χ0n) is 9.41. The van der Waals surface area contributed by atoms with Crippen LogP contribution in [0.5, 0.6) is 11.5 Å². The molecule has 0 heterocycles. The van der Waals surface area contributed by atoms with Crippen LogP contribution < -0.4 is 20.9 Å². The number of aryl methyl sites for hydroxylation is 1. The van der Waals surface area contributed by atoms with Crippen molar-refractivity contribution < 1.29 is 9.47 Å². The fraction of sp³-hybridized carbons (Fsp3) is 0.455. The molecule has 0 radical (unpaired) electrons. The third kappa shape index (κ3) is 2.40. The summed E-state index contributed by atoms with van der Waals surface area (Å²) in [6.45, 7) is 2.39. The Morgan fingerprint density at radius 1 is 1.20 bits per heavy atom. The van der Waals surface area contributed by atoms with Crippen molar-refractivity contribution in [3.8, 4) is 11.5 Å². The number of hydrogen-bond acceptors (Lipinski definition) is 4. The molecule has 0 saturated carbocycles. The van der Waals surface area contributed by atoms with Gasteiger partial charge in [0.05, 0.1) is 14.2 Å². The molecule has 0 saturated heterocycles. The van der Waals surface area contributed by atoms with Crippen LogP contribution in [0.3, 0.4) is 0 Å². The summed E-state index contributed by atoms with van der Waals surface area (Å²) < 4.78 is 10.4. The van der Waals surface area contributed by atoms with Crippen LogP contribution in [0.1, 0.15) is 17.2 Å². The van der Waals surface area contributed by atoms with Gasteiger partial charge in [0.1, 0.15) is 0 Å². The molecule has 1 aromatic rings. The lowest BCUT2D eigenvalue weighted by atomic mass is 10.0. The second-order valence-electron chi connectivity index (χ2n) is 3.41.